The standard InChI is InChI=1S/C21H17Cl2NO2/c22-16-11-12-20(26-17-7-2-1-3-8-17)19(14-16)24-21(25)13-10-15-6-4-5-9-18(15)23/h1-9,11-12,14H,10,13H2,(H,24,25). The van der Waals surface area contributed by atoms with E-state index in [-0.39, 0.29) is 5.91 Å². The first-order valence-corrected chi connectivity index (χ1v) is 8.93. The van der Waals surface area contributed by atoms with Crippen LogP contribution in [0.15, 0.2) is 72.8 Å². The third-order valence-electron chi connectivity index (χ3n) is 3.77. The maximum absolute atomic E-state index is 12.4. The van der Waals surface area contributed by atoms with E-state index in [2.05, 4.69) is 5.32 Å². The van der Waals surface area contributed by atoms with E-state index in [1.165, 1.54) is 0 Å². The fourth-order valence-corrected chi connectivity index (χ4v) is 2.87. The molecular weight excluding hydrogens is 369 g/mol. The molecule has 0 bridgehead atoms. The Morgan fingerprint density at radius 3 is 2.42 bits per heavy atom. The van der Waals surface area contributed by atoms with E-state index in [9.17, 15) is 4.79 Å². The molecule has 0 aliphatic carbocycles. The first kappa shape index (κ1) is 18.3. The molecule has 0 saturated carbocycles. The van der Waals surface area contributed by atoms with Gasteiger partial charge in [0.1, 0.15) is 5.75 Å². The molecule has 0 heterocycles. The first-order chi connectivity index (χ1) is 12.6. The van der Waals surface area contributed by atoms with Crippen LogP contribution in [0.25, 0.3) is 0 Å². The van der Waals surface area contributed by atoms with Gasteiger partial charge in [0.25, 0.3) is 0 Å². The molecule has 3 aromatic rings. The third-order valence-corrected chi connectivity index (χ3v) is 4.37. The summed E-state index contributed by atoms with van der Waals surface area (Å²) in [6, 6.07) is 22.0. The number of aryl methyl sites for hydroxylation is 1. The molecule has 0 fully saturated rings. The summed E-state index contributed by atoms with van der Waals surface area (Å²) in [5.41, 5.74) is 1.47. The van der Waals surface area contributed by atoms with Crippen molar-refractivity contribution in [3.63, 3.8) is 0 Å². The second-order valence-electron chi connectivity index (χ2n) is 5.70. The Morgan fingerprint density at radius 2 is 1.65 bits per heavy atom. The van der Waals surface area contributed by atoms with Crippen LogP contribution in [0.3, 0.4) is 0 Å². The van der Waals surface area contributed by atoms with Crippen molar-refractivity contribution in [3.8, 4) is 11.5 Å². The summed E-state index contributed by atoms with van der Waals surface area (Å²) >= 11 is 12.2. The molecule has 0 unspecified atom stereocenters. The number of benzene rings is 3. The lowest BCUT2D eigenvalue weighted by Gasteiger charge is -2.13. The van der Waals surface area contributed by atoms with Crippen molar-refractivity contribution >= 4 is 34.8 Å². The van der Waals surface area contributed by atoms with Crippen molar-refractivity contribution in [3.05, 3.63) is 88.4 Å². The first-order valence-electron chi connectivity index (χ1n) is 8.17. The third kappa shape index (κ3) is 5.01. The van der Waals surface area contributed by atoms with Crippen LogP contribution in [-0.4, -0.2) is 5.91 Å². The highest BCUT2D eigenvalue weighted by Crippen LogP contribution is 2.32. The number of carbonyl (C=O) groups is 1. The fourth-order valence-electron chi connectivity index (χ4n) is 2.47. The molecule has 1 N–H and O–H groups in total. The molecule has 1 amide bonds. The zero-order valence-electron chi connectivity index (χ0n) is 13.9. The minimum atomic E-state index is -0.134. The SMILES string of the molecule is O=C(CCc1ccccc1Cl)Nc1cc(Cl)ccc1Oc1ccccc1. The van der Waals surface area contributed by atoms with Crippen LogP contribution in [0, 0.1) is 0 Å². The van der Waals surface area contributed by atoms with Gasteiger partial charge in [-0.2, -0.15) is 0 Å². The van der Waals surface area contributed by atoms with Crippen molar-refractivity contribution in [1.29, 1.82) is 0 Å². The molecule has 0 aromatic heterocycles. The maximum Gasteiger partial charge on any atom is 0.224 e. The van der Waals surface area contributed by atoms with Gasteiger partial charge in [-0.1, -0.05) is 59.6 Å². The second kappa shape index (κ2) is 8.75. The van der Waals surface area contributed by atoms with E-state index in [0.29, 0.717) is 40.1 Å². The molecule has 26 heavy (non-hydrogen) atoms. The topological polar surface area (TPSA) is 38.3 Å². The summed E-state index contributed by atoms with van der Waals surface area (Å²) in [6.45, 7) is 0. The van der Waals surface area contributed by atoms with Gasteiger partial charge in [0.2, 0.25) is 5.91 Å². The van der Waals surface area contributed by atoms with E-state index in [0.717, 1.165) is 5.56 Å². The number of hydrogen-bond donors (Lipinski definition) is 1. The van der Waals surface area contributed by atoms with Gasteiger partial charge in [-0.25, -0.2) is 0 Å². The Kier molecular flexibility index (Phi) is 6.16. The Morgan fingerprint density at radius 1 is 0.923 bits per heavy atom. The fraction of sp³-hybridized carbons (Fsp3) is 0.0952. The van der Waals surface area contributed by atoms with Crippen LogP contribution in [0.4, 0.5) is 5.69 Å². The van der Waals surface area contributed by atoms with E-state index >= 15 is 0 Å². The van der Waals surface area contributed by atoms with Gasteiger partial charge in [0.05, 0.1) is 5.69 Å². The summed E-state index contributed by atoms with van der Waals surface area (Å²) in [4.78, 5) is 12.4. The van der Waals surface area contributed by atoms with Crippen molar-refractivity contribution in [2.45, 2.75) is 12.8 Å². The lowest BCUT2D eigenvalue weighted by molar-refractivity contribution is -0.116. The molecule has 0 aliphatic heterocycles. The molecule has 0 radical (unpaired) electrons. The van der Waals surface area contributed by atoms with Crippen molar-refractivity contribution in [2.75, 3.05) is 5.32 Å². The van der Waals surface area contributed by atoms with Crippen molar-refractivity contribution in [2.24, 2.45) is 0 Å². The van der Waals surface area contributed by atoms with Gasteiger partial charge < -0.3 is 10.1 Å². The number of anilines is 1. The van der Waals surface area contributed by atoms with Gasteiger partial charge in [0.15, 0.2) is 5.75 Å². The van der Waals surface area contributed by atoms with Crippen LogP contribution in [0.2, 0.25) is 10.0 Å². The minimum absolute atomic E-state index is 0.134. The average molecular weight is 386 g/mol. The van der Waals surface area contributed by atoms with Crippen LogP contribution in [0.5, 0.6) is 11.5 Å². The summed E-state index contributed by atoms with van der Waals surface area (Å²) in [7, 11) is 0. The molecule has 0 saturated heterocycles. The number of rotatable bonds is 6. The Balaban J connectivity index is 1.69. The molecule has 132 valence electrons. The lowest BCUT2D eigenvalue weighted by Crippen LogP contribution is -2.13. The zero-order chi connectivity index (χ0) is 18.4. The molecule has 0 aliphatic rings. The van der Waals surface area contributed by atoms with E-state index in [1.54, 1.807) is 18.2 Å². The maximum atomic E-state index is 12.4. The predicted octanol–water partition coefficient (Wildman–Crippen LogP) is 6.36. The summed E-state index contributed by atoms with van der Waals surface area (Å²) in [6.07, 6.45) is 0.863. The second-order valence-corrected chi connectivity index (χ2v) is 6.54. The van der Waals surface area contributed by atoms with Gasteiger partial charge in [-0.05, 0) is 48.4 Å². The number of amides is 1. The van der Waals surface area contributed by atoms with Crippen LogP contribution < -0.4 is 10.1 Å². The normalized spacial score (nSPS) is 10.4. The Bertz CT molecular complexity index is 898. The zero-order valence-corrected chi connectivity index (χ0v) is 15.4. The lowest BCUT2D eigenvalue weighted by atomic mass is 10.1. The van der Waals surface area contributed by atoms with Crippen LogP contribution in [0.1, 0.15) is 12.0 Å². The van der Waals surface area contributed by atoms with Gasteiger partial charge >= 0.3 is 0 Å². The summed E-state index contributed by atoms with van der Waals surface area (Å²) in [5, 5.41) is 4.05. The van der Waals surface area contributed by atoms with Crippen LogP contribution in [-0.2, 0) is 11.2 Å². The number of halogens is 2. The number of carbonyl (C=O) groups excluding carboxylic acids is 1. The monoisotopic (exact) mass is 385 g/mol. The van der Waals surface area contributed by atoms with Gasteiger partial charge in [-0.15, -0.1) is 0 Å². The van der Waals surface area contributed by atoms with E-state index < -0.39 is 0 Å². The molecule has 0 spiro atoms. The van der Waals surface area contributed by atoms with Crippen molar-refractivity contribution in [1.82, 2.24) is 0 Å². The molecule has 0 atom stereocenters. The molecule has 3 nitrogen and oxygen atoms in total. The predicted molar refractivity (Wildman–Crippen MR) is 106 cm³/mol. The molecular formula is C21H17Cl2NO2. The Labute approximate surface area is 162 Å². The van der Waals surface area contributed by atoms with E-state index in [1.807, 2.05) is 54.6 Å². The Hall–Kier alpha value is -2.49. The summed E-state index contributed by atoms with van der Waals surface area (Å²) < 4.78 is 5.85. The molecule has 3 rings (SSSR count). The highest BCUT2D eigenvalue weighted by atomic mass is 35.5. The highest BCUT2D eigenvalue weighted by Gasteiger charge is 2.11. The number of ether oxygens (including phenoxy) is 1. The minimum Gasteiger partial charge on any atom is -0.455 e. The summed E-state index contributed by atoms with van der Waals surface area (Å²) in [5.74, 6) is 1.08. The van der Waals surface area contributed by atoms with Crippen LogP contribution >= 0.6 is 23.2 Å². The number of nitrogens with one attached hydrogen (secondary N) is 1. The van der Waals surface area contributed by atoms with Gasteiger partial charge in [-0.3, -0.25) is 4.79 Å². The number of hydrogen-bond acceptors (Lipinski definition) is 2. The van der Waals surface area contributed by atoms with Crippen molar-refractivity contribution < 1.29 is 9.53 Å². The van der Waals surface area contributed by atoms with Gasteiger partial charge in [0, 0.05) is 16.5 Å². The molecule has 5 heteroatoms. The largest absolute Gasteiger partial charge is 0.455 e. The highest BCUT2D eigenvalue weighted by molar-refractivity contribution is 6.31. The number of para-hydroxylation sites is 1. The average Bonchev–Trinajstić information content (AvgIpc) is 2.64. The quantitative estimate of drug-likeness (QED) is 0.536. The smallest absolute Gasteiger partial charge is 0.224 e. The van der Waals surface area contributed by atoms with E-state index in [4.69, 9.17) is 27.9 Å². The molecule has 3 aromatic carbocycles.